The van der Waals surface area contributed by atoms with Crippen LogP contribution in [0.1, 0.15) is 71.2 Å². The van der Waals surface area contributed by atoms with E-state index in [2.05, 4.69) is 192 Å². The van der Waals surface area contributed by atoms with Crippen molar-refractivity contribution in [2.75, 3.05) is 0 Å². The molecule has 2 aliphatic heterocycles. The van der Waals surface area contributed by atoms with Crippen LogP contribution in [-0.4, -0.2) is 20.7 Å². The van der Waals surface area contributed by atoms with Gasteiger partial charge in [-0.3, -0.25) is 4.99 Å². The Bertz CT molecular complexity index is 2580. The fourth-order valence-corrected chi connectivity index (χ4v) is 8.08. The topological polar surface area (TPSA) is 59.7 Å². The number of aromatic nitrogens is 3. The summed E-state index contributed by atoms with van der Waals surface area (Å²) in [5, 5.41) is 2.09. The predicted molar refractivity (Wildman–Crippen MR) is 214 cm³/mol. The van der Waals surface area contributed by atoms with Crippen LogP contribution in [0.4, 0.5) is 0 Å². The largest absolute Gasteiger partial charge is 0.357 e. The average molecular weight is 673 g/mol. The van der Waals surface area contributed by atoms with Crippen molar-refractivity contribution in [1.29, 1.82) is 0 Å². The number of fused-ring (bicyclic) bond motifs is 7. The van der Waals surface area contributed by atoms with E-state index in [1.807, 2.05) is 0 Å². The predicted octanol–water partition coefficient (Wildman–Crippen LogP) is 9.43. The van der Waals surface area contributed by atoms with Crippen LogP contribution in [0.2, 0.25) is 0 Å². The molecule has 252 valence electrons. The molecule has 8 bridgehead atoms. The SMILES string of the molecule is CCCCC1(c2ccccc2)C2=N/C(=C(/c3ccccc3)c3ccc([nH]3)/C(c3ccccc3)=c3/cc/c([nH]3)=C(\c3ccccc3)c3ccc1[nH]3)C=C2. The van der Waals surface area contributed by atoms with Crippen molar-refractivity contribution in [2.45, 2.75) is 31.6 Å². The first-order valence-corrected chi connectivity index (χ1v) is 18.3. The molecule has 4 heteroatoms. The third-order valence-electron chi connectivity index (χ3n) is 10.6. The number of aromatic amines is 3. The maximum atomic E-state index is 5.62. The van der Waals surface area contributed by atoms with Gasteiger partial charge in [0.1, 0.15) is 0 Å². The zero-order valence-corrected chi connectivity index (χ0v) is 29.2. The van der Waals surface area contributed by atoms with Crippen molar-refractivity contribution in [2.24, 2.45) is 4.99 Å². The van der Waals surface area contributed by atoms with E-state index in [9.17, 15) is 0 Å². The van der Waals surface area contributed by atoms with Crippen LogP contribution in [-0.2, 0) is 5.41 Å². The van der Waals surface area contributed by atoms with Gasteiger partial charge in [-0.15, -0.1) is 0 Å². The summed E-state index contributed by atoms with van der Waals surface area (Å²) in [6.45, 7) is 2.27. The Kier molecular flexibility index (Phi) is 8.13. The van der Waals surface area contributed by atoms with E-state index < -0.39 is 5.41 Å². The molecule has 7 aromatic rings. The molecule has 9 rings (SSSR count). The monoisotopic (exact) mass is 672 g/mol. The average Bonchev–Trinajstić information content (AvgIpc) is 4.05. The fourth-order valence-electron chi connectivity index (χ4n) is 8.08. The molecule has 0 fully saturated rings. The third kappa shape index (κ3) is 5.44. The van der Waals surface area contributed by atoms with Crippen LogP contribution in [0.25, 0.3) is 16.7 Å². The Hall–Kier alpha value is -6.39. The van der Waals surface area contributed by atoms with E-state index in [0.717, 1.165) is 97.6 Å². The highest BCUT2D eigenvalue weighted by Crippen LogP contribution is 2.43. The second kappa shape index (κ2) is 13.4. The molecule has 0 saturated heterocycles. The summed E-state index contributed by atoms with van der Waals surface area (Å²) in [6, 6.07) is 56.3. The van der Waals surface area contributed by atoms with Gasteiger partial charge in [0.05, 0.1) is 16.8 Å². The highest BCUT2D eigenvalue weighted by atomic mass is 14.9. The minimum atomic E-state index is -0.496. The fraction of sp³-hybridized carbons (Fsp3) is 0.104. The number of H-pyrrole nitrogens is 3. The molecule has 1 atom stereocenters. The molecule has 52 heavy (non-hydrogen) atoms. The number of aliphatic imine (C=N–C) groups is 1. The molecule has 0 saturated carbocycles. The molecular formula is C48H40N4. The lowest BCUT2D eigenvalue weighted by molar-refractivity contribution is 0.564. The molecule has 0 radical (unpaired) electrons. The van der Waals surface area contributed by atoms with Gasteiger partial charge in [0.2, 0.25) is 0 Å². The minimum absolute atomic E-state index is 0.496. The van der Waals surface area contributed by atoms with Crippen molar-refractivity contribution in [3.63, 3.8) is 0 Å². The lowest BCUT2D eigenvalue weighted by atomic mass is 9.70. The quantitative estimate of drug-likeness (QED) is 0.151. The molecule has 3 aromatic heterocycles. The summed E-state index contributed by atoms with van der Waals surface area (Å²) in [5.74, 6) is 0. The van der Waals surface area contributed by atoms with Crippen molar-refractivity contribution in [3.8, 4) is 0 Å². The maximum absolute atomic E-state index is 5.62. The van der Waals surface area contributed by atoms with Gasteiger partial charge in [0.15, 0.2) is 0 Å². The van der Waals surface area contributed by atoms with Crippen LogP contribution in [0.3, 0.4) is 0 Å². The number of nitrogens with one attached hydrogen (secondary N) is 3. The Morgan fingerprint density at radius 3 is 1.56 bits per heavy atom. The zero-order valence-electron chi connectivity index (χ0n) is 29.2. The van der Waals surface area contributed by atoms with E-state index >= 15 is 0 Å². The van der Waals surface area contributed by atoms with Crippen molar-refractivity contribution >= 4 is 22.4 Å². The number of allylic oxidation sites excluding steroid dienone is 2. The summed E-state index contributed by atoms with van der Waals surface area (Å²) < 4.78 is 0. The van der Waals surface area contributed by atoms with Crippen LogP contribution >= 0.6 is 0 Å². The summed E-state index contributed by atoms with van der Waals surface area (Å²) >= 11 is 0. The van der Waals surface area contributed by atoms with Crippen molar-refractivity contribution in [1.82, 2.24) is 15.0 Å². The zero-order chi connectivity index (χ0) is 34.9. The molecule has 3 N–H and O–H groups in total. The van der Waals surface area contributed by atoms with E-state index in [1.54, 1.807) is 0 Å². The van der Waals surface area contributed by atoms with Crippen LogP contribution < -0.4 is 10.7 Å². The molecule has 2 aliphatic rings. The van der Waals surface area contributed by atoms with Crippen molar-refractivity contribution < 1.29 is 0 Å². The number of rotatable bonds is 7. The van der Waals surface area contributed by atoms with Gasteiger partial charge in [0, 0.05) is 50.2 Å². The first kappa shape index (κ1) is 31.6. The third-order valence-corrected chi connectivity index (χ3v) is 10.6. The smallest absolute Gasteiger partial charge is 0.0774 e. The van der Waals surface area contributed by atoms with Gasteiger partial charge in [-0.05, 0) is 77.2 Å². The number of benzene rings is 4. The summed E-state index contributed by atoms with van der Waals surface area (Å²) in [4.78, 5) is 17.4. The van der Waals surface area contributed by atoms with Gasteiger partial charge in [0.25, 0.3) is 0 Å². The Labute approximate surface area is 304 Å². The number of unbranched alkanes of at least 4 members (excludes halogenated alkanes) is 1. The Morgan fingerprint density at radius 2 is 0.981 bits per heavy atom. The highest BCUT2D eigenvalue weighted by Gasteiger charge is 2.41. The lowest BCUT2D eigenvalue weighted by Gasteiger charge is -2.34. The summed E-state index contributed by atoms with van der Waals surface area (Å²) in [7, 11) is 0. The molecule has 5 heterocycles. The molecule has 0 amide bonds. The standard InChI is InChI=1S/C48H40N4/c1-2-3-32-48(36-22-14-7-15-23-36)43-30-28-41(51-43)46(34-18-10-5-11-19-34)39-26-24-37(49-39)45(33-16-8-4-9-17-33)38-25-27-40(50-38)47(35-20-12-6-13-21-35)42-29-31-44(48)52-42/h4-31,49-51H,2-3,32H2,1H3/b45-37-,46-39-,47-42-. The first-order valence-electron chi connectivity index (χ1n) is 18.3. The molecule has 4 nitrogen and oxygen atoms in total. The highest BCUT2D eigenvalue weighted by molar-refractivity contribution is 6.10. The number of nitrogens with zero attached hydrogens (tertiary/aromatic N) is 1. The van der Waals surface area contributed by atoms with E-state index in [1.165, 1.54) is 5.56 Å². The van der Waals surface area contributed by atoms with E-state index in [-0.39, 0.29) is 0 Å². The molecular weight excluding hydrogens is 633 g/mol. The maximum Gasteiger partial charge on any atom is 0.0774 e. The van der Waals surface area contributed by atoms with Gasteiger partial charge < -0.3 is 15.0 Å². The summed E-state index contributed by atoms with van der Waals surface area (Å²) in [6.07, 6.45) is 7.51. The Morgan fingerprint density at radius 1 is 0.481 bits per heavy atom. The van der Waals surface area contributed by atoms with Crippen molar-refractivity contribution in [3.05, 3.63) is 231 Å². The van der Waals surface area contributed by atoms with Crippen LogP contribution in [0.5, 0.6) is 0 Å². The summed E-state index contributed by atoms with van der Waals surface area (Å²) in [5.41, 5.74) is 13.7. The number of hydrogen-bond donors (Lipinski definition) is 3. The van der Waals surface area contributed by atoms with Crippen LogP contribution in [0, 0.1) is 0 Å². The first-order chi connectivity index (χ1) is 25.7. The van der Waals surface area contributed by atoms with Gasteiger partial charge in [-0.25, -0.2) is 0 Å². The lowest BCUT2D eigenvalue weighted by Crippen LogP contribution is -2.36. The second-order valence-corrected chi connectivity index (χ2v) is 13.7. The van der Waals surface area contributed by atoms with E-state index in [4.69, 9.17) is 4.99 Å². The van der Waals surface area contributed by atoms with Gasteiger partial charge >= 0.3 is 0 Å². The van der Waals surface area contributed by atoms with Gasteiger partial charge in [-0.1, -0.05) is 141 Å². The molecule has 0 aliphatic carbocycles. The number of hydrogen-bond acceptors (Lipinski definition) is 1. The normalized spacial score (nSPS) is 20.2. The minimum Gasteiger partial charge on any atom is -0.357 e. The molecule has 1 unspecified atom stereocenters. The Balaban J connectivity index is 1.43. The molecule has 4 aromatic carbocycles. The second-order valence-electron chi connectivity index (χ2n) is 13.7. The van der Waals surface area contributed by atoms with Crippen LogP contribution in [0.15, 0.2) is 181 Å². The molecule has 0 spiro atoms. The van der Waals surface area contributed by atoms with E-state index in [0.29, 0.717) is 0 Å². The van der Waals surface area contributed by atoms with Gasteiger partial charge in [-0.2, -0.15) is 0 Å².